The van der Waals surface area contributed by atoms with Gasteiger partial charge in [-0.25, -0.2) is 0 Å². The molecule has 100 valence electrons. The molecule has 0 heterocycles. The van der Waals surface area contributed by atoms with Crippen LogP contribution in [0.4, 0.5) is 0 Å². The molecule has 0 saturated heterocycles. The Hall–Kier alpha value is -0.760. The maximum absolute atomic E-state index is 12.4. The Morgan fingerprint density at radius 2 is 2.00 bits per heavy atom. The van der Waals surface area contributed by atoms with Crippen molar-refractivity contribution in [3.63, 3.8) is 0 Å². The molecule has 1 aromatic rings. The van der Waals surface area contributed by atoms with Crippen LogP contribution in [0, 0.1) is 13.8 Å². The molecular formula is C16H24OS. The van der Waals surface area contributed by atoms with Crippen molar-refractivity contribution in [2.75, 3.05) is 5.75 Å². The number of thioether (sulfide) groups is 1. The fourth-order valence-electron chi connectivity index (χ4n) is 1.91. The van der Waals surface area contributed by atoms with Crippen LogP contribution in [0.15, 0.2) is 18.2 Å². The number of benzene rings is 1. The molecule has 1 unspecified atom stereocenters. The molecule has 1 atom stereocenters. The van der Waals surface area contributed by atoms with Crippen LogP contribution in [0.1, 0.15) is 54.6 Å². The van der Waals surface area contributed by atoms with Gasteiger partial charge in [-0.3, -0.25) is 4.79 Å². The highest BCUT2D eigenvalue weighted by molar-refractivity contribution is 8.00. The van der Waals surface area contributed by atoms with Crippen molar-refractivity contribution < 1.29 is 4.79 Å². The summed E-state index contributed by atoms with van der Waals surface area (Å²) in [6, 6.07) is 6.11. The van der Waals surface area contributed by atoms with Crippen LogP contribution in [0.25, 0.3) is 0 Å². The topological polar surface area (TPSA) is 17.1 Å². The van der Waals surface area contributed by atoms with Crippen LogP contribution in [0.3, 0.4) is 0 Å². The van der Waals surface area contributed by atoms with Crippen molar-refractivity contribution in [2.45, 2.75) is 52.2 Å². The molecule has 0 aliphatic heterocycles. The minimum absolute atomic E-state index is 0.0716. The summed E-state index contributed by atoms with van der Waals surface area (Å²) in [5, 5.41) is 0.0716. The molecule has 18 heavy (non-hydrogen) atoms. The number of aryl methyl sites for hydroxylation is 2. The average molecular weight is 264 g/mol. The van der Waals surface area contributed by atoms with Crippen LogP contribution in [-0.4, -0.2) is 16.8 Å². The van der Waals surface area contributed by atoms with E-state index < -0.39 is 0 Å². The van der Waals surface area contributed by atoms with E-state index in [1.165, 1.54) is 19.3 Å². The quantitative estimate of drug-likeness (QED) is 0.520. The number of hydrogen-bond acceptors (Lipinski definition) is 2. The van der Waals surface area contributed by atoms with Crippen LogP contribution < -0.4 is 0 Å². The van der Waals surface area contributed by atoms with Crippen molar-refractivity contribution in [1.82, 2.24) is 0 Å². The number of ketones is 1. The second-order valence-electron chi connectivity index (χ2n) is 4.90. The van der Waals surface area contributed by atoms with Crippen molar-refractivity contribution in [3.8, 4) is 0 Å². The second-order valence-corrected chi connectivity index (χ2v) is 6.35. The molecular weight excluding hydrogens is 240 g/mol. The molecule has 0 N–H and O–H groups in total. The van der Waals surface area contributed by atoms with Gasteiger partial charge in [0.2, 0.25) is 0 Å². The molecule has 1 nitrogen and oxygen atoms in total. The third-order valence-electron chi connectivity index (χ3n) is 3.14. The molecule has 1 rings (SSSR count). The fraction of sp³-hybridized carbons (Fsp3) is 0.562. The molecule has 0 fully saturated rings. The fourth-order valence-corrected chi connectivity index (χ4v) is 2.91. The summed E-state index contributed by atoms with van der Waals surface area (Å²) in [7, 11) is 0. The largest absolute Gasteiger partial charge is 0.293 e. The molecule has 0 saturated carbocycles. The molecule has 2 heteroatoms. The number of Topliss-reactive ketones (excluding diaryl/α,β-unsaturated/α-hetero) is 1. The average Bonchev–Trinajstić information content (AvgIpc) is 2.36. The molecule has 0 aliphatic rings. The second kappa shape index (κ2) is 7.63. The molecule has 0 bridgehead atoms. The van der Waals surface area contributed by atoms with E-state index in [9.17, 15) is 4.79 Å². The van der Waals surface area contributed by atoms with E-state index in [4.69, 9.17) is 0 Å². The predicted molar refractivity (Wildman–Crippen MR) is 81.7 cm³/mol. The smallest absolute Gasteiger partial charge is 0.175 e. The van der Waals surface area contributed by atoms with Crippen LogP contribution in [0.5, 0.6) is 0 Å². The van der Waals surface area contributed by atoms with E-state index >= 15 is 0 Å². The number of carbonyl (C=O) groups excluding carboxylic acids is 1. The Bertz CT molecular complexity index is 398. The van der Waals surface area contributed by atoms with Crippen LogP contribution >= 0.6 is 11.8 Å². The van der Waals surface area contributed by atoms with E-state index in [1.54, 1.807) is 11.8 Å². The monoisotopic (exact) mass is 264 g/mol. The van der Waals surface area contributed by atoms with Crippen molar-refractivity contribution in [2.24, 2.45) is 0 Å². The highest BCUT2D eigenvalue weighted by Crippen LogP contribution is 2.21. The lowest BCUT2D eigenvalue weighted by Crippen LogP contribution is -2.15. The first-order valence-corrected chi connectivity index (χ1v) is 7.84. The Morgan fingerprint density at radius 1 is 1.28 bits per heavy atom. The van der Waals surface area contributed by atoms with Crippen LogP contribution in [0.2, 0.25) is 0 Å². The van der Waals surface area contributed by atoms with Gasteiger partial charge in [0.1, 0.15) is 0 Å². The van der Waals surface area contributed by atoms with E-state index in [1.807, 2.05) is 32.9 Å². The minimum atomic E-state index is 0.0716. The highest BCUT2D eigenvalue weighted by atomic mass is 32.2. The standard InChI is InChI=1S/C16H24OS/c1-5-6-7-10-18-14(4)16(17)15-11-12(2)8-9-13(15)3/h8-9,11,14H,5-7,10H2,1-4H3. The first-order valence-electron chi connectivity index (χ1n) is 6.79. The lowest BCUT2D eigenvalue weighted by Gasteiger charge is -2.12. The van der Waals surface area contributed by atoms with Gasteiger partial charge in [0.05, 0.1) is 5.25 Å². The van der Waals surface area contributed by atoms with Gasteiger partial charge in [-0.2, -0.15) is 11.8 Å². The third-order valence-corrected chi connectivity index (χ3v) is 4.38. The Balaban J connectivity index is 2.60. The normalized spacial score (nSPS) is 12.4. The predicted octanol–water partition coefficient (Wildman–Crippen LogP) is 4.80. The highest BCUT2D eigenvalue weighted by Gasteiger charge is 2.17. The Morgan fingerprint density at radius 3 is 2.67 bits per heavy atom. The van der Waals surface area contributed by atoms with Crippen molar-refractivity contribution >= 4 is 17.5 Å². The van der Waals surface area contributed by atoms with Gasteiger partial charge >= 0.3 is 0 Å². The lowest BCUT2D eigenvalue weighted by molar-refractivity contribution is 0.0993. The molecule has 0 spiro atoms. The van der Waals surface area contributed by atoms with E-state index in [0.717, 1.165) is 22.4 Å². The summed E-state index contributed by atoms with van der Waals surface area (Å²) in [5.41, 5.74) is 3.14. The zero-order valence-electron chi connectivity index (χ0n) is 12.0. The summed E-state index contributed by atoms with van der Waals surface area (Å²) in [6.07, 6.45) is 3.71. The number of carbonyl (C=O) groups is 1. The van der Waals surface area contributed by atoms with E-state index in [-0.39, 0.29) is 11.0 Å². The molecule has 0 amide bonds. The number of hydrogen-bond donors (Lipinski definition) is 0. The van der Waals surface area contributed by atoms with Crippen LogP contribution in [-0.2, 0) is 0 Å². The summed E-state index contributed by atoms with van der Waals surface area (Å²) in [6.45, 7) is 8.28. The van der Waals surface area contributed by atoms with Gasteiger partial charge in [0, 0.05) is 5.56 Å². The van der Waals surface area contributed by atoms with E-state index in [2.05, 4.69) is 13.0 Å². The molecule has 0 aromatic heterocycles. The summed E-state index contributed by atoms with van der Waals surface area (Å²) >= 11 is 1.78. The summed E-state index contributed by atoms with van der Waals surface area (Å²) < 4.78 is 0. The van der Waals surface area contributed by atoms with Gasteiger partial charge in [0.15, 0.2) is 5.78 Å². The lowest BCUT2D eigenvalue weighted by atomic mass is 10.0. The molecule has 0 radical (unpaired) electrons. The summed E-state index contributed by atoms with van der Waals surface area (Å²) in [5.74, 6) is 1.36. The van der Waals surface area contributed by atoms with Crippen molar-refractivity contribution in [3.05, 3.63) is 34.9 Å². The first kappa shape index (κ1) is 15.3. The summed E-state index contributed by atoms with van der Waals surface area (Å²) in [4.78, 5) is 12.4. The Kier molecular flexibility index (Phi) is 6.48. The minimum Gasteiger partial charge on any atom is -0.293 e. The molecule has 0 aliphatic carbocycles. The van der Waals surface area contributed by atoms with Gasteiger partial charge in [-0.1, -0.05) is 37.5 Å². The first-order chi connectivity index (χ1) is 8.56. The number of rotatable bonds is 7. The van der Waals surface area contributed by atoms with Gasteiger partial charge in [0.25, 0.3) is 0 Å². The number of unbranched alkanes of at least 4 members (excludes halogenated alkanes) is 2. The van der Waals surface area contributed by atoms with E-state index in [0.29, 0.717) is 0 Å². The van der Waals surface area contributed by atoms with Gasteiger partial charge in [-0.15, -0.1) is 0 Å². The van der Waals surface area contributed by atoms with Gasteiger partial charge in [-0.05, 0) is 44.6 Å². The SMILES string of the molecule is CCCCCSC(C)C(=O)c1cc(C)ccc1C. The Labute approximate surface area is 115 Å². The van der Waals surface area contributed by atoms with Gasteiger partial charge < -0.3 is 0 Å². The maximum atomic E-state index is 12.4. The van der Waals surface area contributed by atoms with Crippen molar-refractivity contribution in [1.29, 1.82) is 0 Å². The zero-order chi connectivity index (χ0) is 13.5. The maximum Gasteiger partial charge on any atom is 0.175 e. The zero-order valence-corrected chi connectivity index (χ0v) is 12.8. The molecule has 1 aromatic carbocycles. The third kappa shape index (κ3) is 4.49.